The quantitative estimate of drug-likeness (QED) is 0.0212. The van der Waals surface area contributed by atoms with Crippen molar-refractivity contribution in [3.05, 3.63) is 335 Å². The number of anilines is 2. The third-order valence-corrected chi connectivity index (χ3v) is 28.9. The Morgan fingerprint density at radius 1 is 0.242 bits per heavy atom. The summed E-state index contributed by atoms with van der Waals surface area (Å²) in [4.78, 5) is 67.7. The normalized spacial score (nSPS) is 13.4. The van der Waals surface area contributed by atoms with E-state index in [1.165, 1.54) is 53.4 Å². The topological polar surface area (TPSA) is 320 Å². The van der Waals surface area contributed by atoms with E-state index in [9.17, 15) is 51.9 Å². The van der Waals surface area contributed by atoms with E-state index >= 15 is 19.2 Å². The lowest BCUT2D eigenvalue weighted by molar-refractivity contribution is 0.0877. The summed E-state index contributed by atoms with van der Waals surface area (Å²) in [5.41, 5.74) is 8.64. The second-order valence-corrected chi connectivity index (χ2v) is 40.3. The molecular weight excluding hydrogens is 1750 g/mol. The Hall–Kier alpha value is -14.4. The van der Waals surface area contributed by atoms with Gasteiger partial charge in [0.1, 0.15) is 34.5 Å². The highest BCUT2D eigenvalue weighted by molar-refractivity contribution is 7.86. The molecular formula is C107H80N2O19S4. The number of benzene rings is 18. The number of imide groups is 2. The minimum Gasteiger partial charge on any atom is -0.456 e. The minimum absolute atomic E-state index is 0.0655. The molecule has 18 aromatic rings. The van der Waals surface area contributed by atoms with Gasteiger partial charge in [0.15, 0.2) is 0 Å². The Balaban J connectivity index is 0.985. The maximum absolute atomic E-state index is 16.9. The van der Waals surface area contributed by atoms with Gasteiger partial charge < -0.3 is 14.2 Å². The van der Waals surface area contributed by atoms with Crippen LogP contribution in [-0.2, 0) is 46.9 Å². The van der Waals surface area contributed by atoms with E-state index in [-0.39, 0.29) is 131 Å². The zero-order chi connectivity index (χ0) is 92.5. The average Bonchev–Trinajstić information content (AvgIpc) is 0.689. The van der Waals surface area contributed by atoms with Gasteiger partial charge in [-0.15, -0.1) is 0 Å². The van der Waals surface area contributed by atoms with Crippen molar-refractivity contribution >= 4 is 151 Å². The summed E-state index contributed by atoms with van der Waals surface area (Å²) in [6.07, 6.45) is 0.164. The third kappa shape index (κ3) is 14.2. The number of hydrogen-bond donors (Lipinski definition) is 4. The lowest BCUT2D eigenvalue weighted by atomic mass is 9.78. The van der Waals surface area contributed by atoms with Crippen molar-refractivity contribution in [2.45, 2.75) is 105 Å². The molecule has 656 valence electrons. The lowest BCUT2D eigenvalue weighted by Crippen LogP contribution is -2.42. The molecule has 20 rings (SSSR count). The molecule has 0 spiro atoms. The highest BCUT2D eigenvalue weighted by Crippen LogP contribution is 2.59. The highest BCUT2D eigenvalue weighted by Gasteiger charge is 2.44. The van der Waals surface area contributed by atoms with Crippen LogP contribution in [0.1, 0.15) is 154 Å². The van der Waals surface area contributed by atoms with Crippen LogP contribution in [0.25, 0.3) is 120 Å². The number of hydrogen-bond acceptors (Lipinski definition) is 15. The van der Waals surface area contributed by atoms with Crippen LogP contribution in [-0.4, -0.2) is 75.5 Å². The fraction of sp³-hybridized carbons (Fsp3) is 0.121. The monoisotopic (exact) mass is 1820 g/mol. The summed E-state index contributed by atoms with van der Waals surface area (Å²) in [5, 5.41) is 5.38. The van der Waals surface area contributed by atoms with Crippen LogP contribution in [0.5, 0.6) is 34.5 Å². The number of carbonyl (C=O) groups is 4. The molecule has 0 saturated heterocycles. The van der Waals surface area contributed by atoms with E-state index in [0.717, 1.165) is 86.8 Å². The molecule has 21 nitrogen and oxygen atoms in total. The first-order chi connectivity index (χ1) is 63.0. The van der Waals surface area contributed by atoms with Crippen molar-refractivity contribution in [2.75, 3.05) is 9.80 Å². The number of fused-ring (bicyclic) bond motifs is 4. The van der Waals surface area contributed by atoms with E-state index in [1.807, 2.05) is 231 Å². The molecule has 0 atom stereocenters. The van der Waals surface area contributed by atoms with Crippen molar-refractivity contribution in [1.29, 1.82) is 0 Å². The van der Waals surface area contributed by atoms with E-state index < -0.39 is 83.7 Å². The van der Waals surface area contributed by atoms with Crippen LogP contribution >= 0.6 is 0 Å². The summed E-state index contributed by atoms with van der Waals surface area (Å²) in [6, 6.07) is 77.1. The lowest BCUT2D eigenvalue weighted by Gasteiger charge is -2.34. The molecule has 132 heavy (non-hydrogen) atoms. The van der Waals surface area contributed by atoms with Gasteiger partial charge in [0.25, 0.3) is 64.1 Å². The minimum atomic E-state index is -5.05. The Kier molecular flexibility index (Phi) is 20.6. The van der Waals surface area contributed by atoms with E-state index in [0.29, 0.717) is 87.6 Å². The number of ether oxygens (including phenoxy) is 3. The predicted molar refractivity (Wildman–Crippen MR) is 513 cm³/mol. The van der Waals surface area contributed by atoms with Gasteiger partial charge in [-0.3, -0.25) is 37.4 Å². The molecule has 0 fully saturated rings. The van der Waals surface area contributed by atoms with Crippen LogP contribution in [0, 0.1) is 0 Å². The fourth-order valence-electron chi connectivity index (χ4n) is 19.5. The number of carbonyl (C=O) groups excluding carboxylic acids is 4. The van der Waals surface area contributed by atoms with Crippen molar-refractivity contribution < 1.29 is 85.3 Å². The van der Waals surface area contributed by atoms with Gasteiger partial charge in [-0.1, -0.05) is 243 Å². The Labute approximate surface area is 759 Å². The summed E-state index contributed by atoms with van der Waals surface area (Å²) in [7, 11) is -19.7. The molecule has 0 bridgehead atoms. The third-order valence-electron chi connectivity index (χ3n) is 25.4. The highest BCUT2D eigenvalue weighted by atomic mass is 32.2. The summed E-state index contributed by atoms with van der Waals surface area (Å²) >= 11 is 0. The zero-order valence-corrected chi connectivity index (χ0v) is 75.3. The maximum atomic E-state index is 16.9. The molecule has 25 heteroatoms. The first-order valence-electron chi connectivity index (χ1n) is 42.7. The second kappa shape index (κ2) is 31.7. The van der Waals surface area contributed by atoms with E-state index in [4.69, 9.17) is 14.2 Å². The predicted octanol–water partition coefficient (Wildman–Crippen LogP) is 25.4. The number of amides is 4. The zero-order valence-electron chi connectivity index (χ0n) is 72.0. The van der Waals surface area contributed by atoms with Gasteiger partial charge in [0.05, 0.1) is 47.6 Å². The second-order valence-electron chi connectivity index (χ2n) is 34.6. The molecule has 2 aliphatic heterocycles. The molecule has 18 aromatic carbocycles. The Morgan fingerprint density at radius 3 is 0.917 bits per heavy atom. The first-order valence-corrected chi connectivity index (χ1v) is 48.5. The average molecular weight is 1830 g/mol. The van der Waals surface area contributed by atoms with Gasteiger partial charge in [0.2, 0.25) is 0 Å². The van der Waals surface area contributed by atoms with E-state index in [2.05, 4.69) is 0 Å². The molecule has 0 aliphatic carbocycles. The Morgan fingerprint density at radius 2 is 0.545 bits per heavy atom. The SMILES string of the molecule is CC(C)c1cccc(C(C)C)c1N1C(=O)c2cc(Cc3ccccc3-c3ccccc3)c3c4ccc5c6c(Oc7ccc(S(=O)(=O)O)cc7-c7ccc(S(=O)(=O)O)cc7)cc7c8c(cc(Oc9ccc(S(=O)(=O)O)cc9-c9ccc(S(=O)(=O)O)cc9)c(c9ccc(c%10c(Oc%11ccccc%11-c%11ccccc%11)cc(c2c3%10)C1=O)c4c59)c86)C(=O)N(c1c(C(C)C)cccc1C(C)C)C7=O. The number of rotatable bonds is 22. The molecule has 4 amide bonds. The Bertz CT molecular complexity index is 8060. The van der Waals surface area contributed by atoms with E-state index in [1.54, 1.807) is 6.07 Å². The summed E-state index contributed by atoms with van der Waals surface area (Å²) < 4.78 is 170. The molecule has 0 aromatic heterocycles. The van der Waals surface area contributed by atoms with Gasteiger partial charge in [-0.05, 0) is 220 Å². The molecule has 0 radical (unpaired) electrons. The molecule has 2 aliphatic rings. The summed E-state index contributed by atoms with van der Waals surface area (Å²) in [6.45, 7) is 15.8. The molecule has 0 saturated carbocycles. The van der Waals surface area contributed by atoms with Crippen LogP contribution < -0.4 is 24.0 Å². The van der Waals surface area contributed by atoms with Crippen molar-refractivity contribution in [3.8, 4) is 79.0 Å². The largest absolute Gasteiger partial charge is 0.456 e. The number of para-hydroxylation sites is 3. The van der Waals surface area contributed by atoms with Crippen molar-refractivity contribution in [2.24, 2.45) is 0 Å². The molecule has 0 unspecified atom stereocenters. The standard InChI is InChI=1S/C107H80N2O19S4/c1-56(2)70-28-19-29-71(57(3)4)102(70)108-104(110)82-50-65(49-64-25-15-16-26-74(64)60-21-11-9-12-22-60)92-76-43-44-78-94-79(46-45-77(93(76)94)97-89(53-83(105(108)111)95(82)100(92)97)126-86-32-18-17-27-75(86)61-23-13-10-14-24-61)99-91(128-88-48-42-69(132(123,124)125)52-81(88)63-35-39-67(40-36-63)130(117,118)119)55-85-96-84(106(112)109(107(85)113)103-72(58(5)6)30-20-31-73(103)59(7)8)54-90(98(78)101(96)99)127-87-47-41-68(131(120,121)122)51-80(87)62-33-37-66(38-34-62)129(114,115)116/h9-48,50-59H,49H2,1-8H3,(H,114,115,116)(H,117,118,119)(H,120,121,122)(H,123,124,125). The van der Waals surface area contributed by atoms with Gasteiger partial charge in [0, 0.05) is 60.0 Å². The van der Waals surface area contributed by atoms with Crippen molar-refractivity contribution in [1.82, 2.24) is 0 Å². The molecule has 2 heterocycles. The van der Waals surface area contributed by atoms with Gasteiger partial charge in [-0.2, -0.15) is 33.7 Å². The first kappa shape index (κ1) is 85.7. The number of nitrogens with zero attached hydrogens (tertiary/aromatic N) is 2. The van der Waals surface area contributed by atoms with Gasteiger partial charge >= 0.3 is 0 Å². The summed E-state index contributed by atoms with van der Waals surface area (Å²) in [5.74, 6) is -3.68. The molecule has 4 N–H and O–H groups in total. The van der Waals surface area contributed by atoms with Crippen molar-refractivity contribution in [3.63, 3.8) is 0 Å². The smallest absolute Gasteiger partial charge is 0.294 e. The van der Waals surface area contributed by atoms with Crippen LogP contribution in [0.3, 0.4) is 0 Å². The van der Waals surface area contributed by atoms with Crippen LogP contribution in [0.2, 0.25) is 0 Å². The van der Waals surface area contributed by atoms with Crippen LogP contribution in [0.4, 0.5) is 11.4 Å². The maximum Gasteiger partial charge on any atom is 0.294 e. The fourth-order valence-corrected chi connectivity index (χ4v) is 21.5. The van der Waals surface area contributed by atoms with Crippen LogP contribution in [0.15, 0.2) is 299 Å². The van der Waals surface area contributed by atoms with Gasteiger partial charge in [-0.25, -0.2) is 9.80 Å².